The molecule has 3 aromatic heterocycles. The van der Waals surface area contributed by atoms with E-state index in [0.717, 1.165) is 36.1 Å². The minimum Gasteiger partial charge on any atom is -0.382 e. The second-order valence-electron chi connectivity index (χ2n) is 10.2. The molecule has 1 amide bonds. The molecule has 2 saturated heterocycles. The van der Waals surface area contributed by atoms with Crippen LogP contribution in [0.2, 0.25) is 0 Å². The number of nitrogens with two attached hydrogens (primary N) is 2. The fourth-order valence-electron chi connectivity index (χ4n) is 4.58. The maximum atomic E-state index is 13.8. The van der Waals surface area contributed by atoms with Crippen molar-refractivity contribution >= 4 is 29.0 Å². The lowest BCUT2D eigenvalue weighted by Gasteiger charge is -2.39. The average Bonchev–Trinajstić information content (AvgIpc) is 2.87. The van der Waals surface area contributed by atoms with E-state index in [9.17, 15) is 26.7 Å². The summed E-state index contributed by atoms with van der Waals surface area (Å²) in [7, 11) is 0. The van der Waals surface area contributed by atoms with Gasteiger partial charge in [-0.3, -0.25) is 4.79 Å². The molecule has 5 heterocycles. The fraction of sp³-hybridized carbons (Fsp3) is 0.400. The summed E-state index contributed by atoms with van der Waals surface area (Å²) in [5.41, 5.74) is 9.75. The summed E-state index contributed by atoms with van der Waals surface area (Å²) in [5.74, 6) is -4.03. The van der Waals surface area contributed by atoms with E-state index in [1.807, 2.05) is 11.8 Å². The molecule has 5 N–H and O–H groups in total. The van der Waals surface area contributed by atoms with Gasteiger partial charge in [0, 0.05) is 24.8 Å². The lowest BCUT2D eigenvalue weighted by Crippen LogP contribution is -2.56. The number of nitrogen functional groups attached to an aromatic ring is 1. The molecule has 2 fully saturated rings. The number of hydrogen-bond donors (Lipinski definition) is 3. The van der Waals surface area contributed by atoms with Gasteiger partial charge in [-0.2, -0.15) is 13.2 Å². The molecule has 2 aliphatic heterocycles. The summed E-state index contributed by atoms with van der Waals surface area (Å²) in [6.07, 6.45) is -0.979. The van der Waals surface area contributed by atoms with Crippen molar-refractivity contribution in [2.45, 2.75) is 37.4 Å². The van der Waals surface area contributed by atoms with Gasteiger partial charge in [0.2, 0.25) is 0 Å². The number of carbonyl (C=O) groups excluding carboxylic acids is 1. The van der Waals surface area contributed by atoms with Crippen LogP contribution in [0.25, 0.3) is 11.4 Å². The molecule has 3 aromatic rings. The van der Waals surface area contributed by atoms with Crippen molar-refractivity contribution in [2.24, 2.45) is 5.73 Å². The monoisotopic (exact) mass is 563 g/mol. The van der Waals surface area contributed by atoms with Crippen molar-refractivity contribution in [3.8, 4) is 11.4 Å². The van der Waals surface area contributed by atoms with Crippen LogP contribution in [0.3, 0.4) is 0 Å². The number of hydrogen-bond acceptors (Lipinski definition) is 9. The molecule has 0 unspecified atom stereocenters. The van der Waals surface area contributed by atoms with Crippen LogP contribution in [0.5, 0.6) is 0 Å². The maximum absolute atomic E-state index is 13.8. The Balaban J connectivity index is 1.45. The van der Waals surface area contributed by atoms with Gasteiger partial charge in [-0.1, -0.05) is 0 Å². The van der Waals surface area contributed by atoms with Crippen LogP contribution in [0.15, 0.2) is 36.7 Å². The second kappa shape index (κ2) is 9.80. The summed E-state index contributed by atoms with van der Waals surface area (Å²) in [6.45, 7) is 1.87. The molecule has 5 rings (SSSR count). The molecule has 0 radical (unpaired) electrons. The van der Waals surface area contributed by atoms with Crippen molar-refractivity contribution in [1.82, 2.24) is 19.9 Å². The van der Waals surface area contributed by atoms with Crippen molar-refractivity contribution in [1.29, 1.82) is 0 Å². The first-order valence-electron chi connectivity index (χ1n) is 12.4. The third-order valence-corrected chi connectivity index (χ3v) is 6.88. The van der Waals surface area contributed by atoms with E-state index < -0.39 is 53.7 Å². The van der Waals surface area contributed by atoms with Crippen LogP contribution in [0, 0.1) is 0 Å². The highest BCUT2D eigenvalue weighted by Gasteiger charge is 2.45. The zero-order valence-corrected chi connectivity index (χ0v) is 21.3. The number of nitrogens with zero attached hydrogens (tertiary/aromatic N) is 6. The first-order valence-corrected chi connectivity index (χ1v) is 12.4. The molecule has 0 saturated carbocycles. The minimum atomic E-state index is -4.85. The number of pyridine rings is 2. The third-order valence-electron chi connectivity index (χ3n) is 6.88. The fourth-order valence-corrected chi connectivity index (χ4v) is 4.58. The van der Waals surface area contributed by atoms with Crippen molar-refractivity contribution in [3.63, 3.8) is 0 Å². The highest BCUT2D eigenvalue weighted by atomic mass is 19.4. The van der Waals surface area contributed by atoms with Crippen LogP contribution in [0.4, 0.5) is 45.1 Å². The molecule has 15 heteroatoms. The van der Waals surface area contributed by atoms with E-state index in [2.05, 4.69) is 25.3 Å². The minimum absolute atomic E-state index is 0.0909. The summed E-state index contributed by atoms with van der Waals surface area (Å²) in [6, 6.07) is 5.23. The van der Waals surface area contributed by atoms with Gasteiger partial charge in [0.05, 0.1) is 30.5 Å². The standard InChI is InChI=1S/C25H26F5N9O/c1-23(32)6-9-38(10-7-23)16-3-2-8-33-21(16)37-22(40)19-20(31)34-11-15(35-19)18-14(25(28,29)30)4-5-17(36-18)39-12-24(26,27)13-39/h2-5,8,11H,6-7,9-10,12-13,32H2,1H3,(H2,31,34)(H,33,37,40). The summed E-state index contributed by atoms with van der Waals surface area (Å²) < 4.78 is 68.2. The van der Waals surface area contributed by atoms with E-state index in [0.29, 0.717) is 18.8 Å². The van der Waals surface area contributed by atoms with Gasteiger partial charge in [0.25, 0.3) is 11.8 Å². The lowest BCUT2D eigenvalue weighted by molar-refractivity contribution is -0.137. The number of halogens is 5. The van der Waals surface area contributed by atoms with E-state index >= 15 is 0 Å². The zero-order chi connectivity index (χ0) is 28.9. The first kappa shape index (κ1) is 27.4. The van der Waals surface area contributed by atoms with Gasteiger partial charge >= 0.3 is 6.18 Å². The van der Waals surface area contributed by atoms with Gasteiger partial charge in [-0.15, -0.1) is 0 Å². The van der Waals surface area contributed by atoms with Crippen LogP contribution in [-0.4, -0.2) is 63.5 Å². The maximum Gasteiger partial charge on any atom is 0.418 e. The molecular formula is C25H26F5N9O. The Kier molecular flexibility index (Phi) is 6.72. The van der Waals surface area contributed by atoms with Gasteiger partial charge in [0.1, 0.15) is 17.2 Å². The lowest BCUT2D eigenvalue weighted by atomic mass is 9.91. The number of aromatic nitrogens is 4. The van der Waals surface area contributed by atoms with Crippen LogP contribution in [0.1, 0.15) is 35.8 Å². The Morgan fingerprint density at radius 3 is 2.40 bits per heavy atom. The van der Waals surface area contributed by atoms with E-state index in [1.54, 1.807) is 12.1 Å². The normalized spacial score (nSPS) is 18.3. The summed E-state index contributed by atoms with van der Waals surface area (Å²) >= 11 is 0. The van der Waals surface area contributed by atoms with Crippen molar-refractivity contribution in [3.05, 3.63) is 47.9 Å². The summed E-state index contributed by atoms with van der Waals surface area (Å²) in [4.78, 5) is 32.5. The van der Waals surface area contributed by atoms with Gasteiger partial charge in [-0.25, -0.2) is 28.7 Å². The second-order valence-corrected chi connectivity index (χ2v) is 10.2. The smallest absolute Gasteiger partial charge is 0.382 e. The number of piperidine rings is 1. The molecular weight excluding hydrogens is 537 g/mol. The number of amides is 1. The average molecular weight is 564 g/mol. The molecule has 10 nitrogen and oxygen atoms in total. The number of alkyl halides is 5. The molecule has 212 valence electrons. The molecule has 0 spiro atoms. The van der Waals surface area contributed by atoms with Crippen molar-refractivity contribution < 1.29 is 26.7 Å². The number of carbonyl (C=O) groups is 1. The van der Waals surface area contributed by atoms with E-state index in [4.69, 9.17) is 11.5 Å². The highest BCUT2D eigenvalue weighted by molar-refractivity contribution is 6.06. The molecule has 40 heavy (non-hydrogen) atoms. The Morgan fingerprint density at radius 1 is 1.05 bits per heavy atom. The number of anilines is 4. The molecule has 0 aromatic carbocycles. The van der Waals surface area contributed by atoms with Crippen LogP contribution < -0.4 is 26.6 Å². The van der Waals surface area contributed by atoms with Crippen LogP contribution in [-0.2, 0) is 6.18 Å². The van der Waals surface area contributed by atoms with Crippen molar-refractivity contribution in [2.75, 3.05) is 47.0 Å². The highest BCUT2D eigenvalue weighted by Crippen LogP contribution is 2.39. The zero-order valence-electron chi connectivity index (χ0n) is 21.3. The predicted octanol–water partition coefficient (Wildman–Crippen LogP) is 3.56. The van der Waals surface area contributed by atoms with Gasteiger partial charge in [-0.05, 0) is 44.0 Å². The SMILES string of the molecule is CC1(N)CCN(c2cccnc2NC(=O)c2nc(-c3nc(N4CC(F)(F)C4)ccc3C(F)(F)F)cnc2N)CC1. The molecule has 2 aliphatic rings. The Morgan fingerprint density at radius 2 is 1.75 bits per heavy atom. The molecule has 0 atom stereocenters. The number of rotatable bonds is 5. The topological polar surface area (TPSA) is 139 Å². The summed E-state index contributed by atoms with van der Waals surface area (Å²) in [5, 5.41) is 2.63. The quantitative estimate of drug-likeness (QED) is 0.398. The molecule has 0 aliphatic carbocycles. The van der Waals surface area contributed by atoms with E-state index in [-0.39, 0.29) is 23.0 Å². The Hall–Kier alpha value is -4.14. The Bertz CT molecular complexity index is 1430. The Labute approximate surface area is 225 Å². The van der Waals surface area contributed by atoms with Gasteiger partial charge in [0.15, 0.2) is 17.3 Å². The molecule has 0 bridgehead atoms. The van der Waals surface area contributed by atoms with E-state index in [1.165, 1.54) is 6.20 Å². The van der Waals surface area contributed by atoms with Crippen LogP contribution >= 0.6 is 0 Å². The first-order chi connectivity index (χ1) is 18.7. The predicted molar refractivity (Wildman–Crippen MR) is 138 cm³/mol. The largest absolute Gasteiger partial charge is 0.418 e. The number of nitrogens with one attached hydrogen (secondary N) is 1. The third kappa shape index (κ3) is 5.59. The van der Waals surface area contributed by atoms with Gasteiger partial charge < -0.3 is 26.6 Å².